The second-order valence-corrected chi connectivity index (χ2v) is 5.13. The van der Waals surface area contributed by atoms with E-state index < -0.39 is 0 Å². The maximum atomic E-state index is 5.09. The largest absolute Gasteiger partial charge is 0.384 e. The summed E-state index contributed by atoms with van der Waals surface area (Å²) >= 11 is 0. The molecule has 2 heteroatoms. The summed E-state index contributed by atoms with van der Waals surface area (Å²) in [6.45, 7) is 3.14. The fraction of sp³-hybridized carbons (Fsp3) is 0.600. The average molecular weight is 233 g/mol. The Kier molecular flexibility index (Phi) is 4.19. The summed E-state index contributed by atoms with van der Waals surface area (Å²) in [4.78, 5) is 0. The van der Waals surface area contributed by atoms with Crippen molar-refractivity contribution in [2.45, 2.75) is 25.8 Å². The fourth-order valence-corrected chi connectivity index (χ4v) is 2.55. The second-order valence-electron chi connectivity index (χ2n) is 5.13. The van der Waals surface area contributed by atoms with Gasteiger partial charge in [0.2, 0.25) is 0 Å². The van der Waals surface area contributed by atoms with Crippen molar-refractivity contribution in [1.82, 2.24) is 5.32 Å². The topological polar surface area (TPSA) is 21.3 Å². The first-order valence-corrected chi connectivity index (χ1v) is 6.51. The number of nitrogens with one attached hydrogen (secondary N) is 1. The van der Waals surface area contributed by atoms with Crippen LogP contribution in [-0.4, -0.2) is 20.8 Å². The summed E-state index contributed by atoms with van der Waals surface area (Å²) in [7, 11) is 3.81. The lowest BCUT2D eigenvalue weighted by molar-refractivity contribution is 0.202. The van der Waals surface area contributed by atoms with Gasteiger partial charge in [-0.25, -0.2) is 0 Å². The standard InChI is InChI=1S/C15H23NO/c1-11-10-14(11)15(16-2)13-6-4-12(5-7-13)8-9-17-3/h4-7,11,14-16H,8-10H2,1-3H3. The molecule has 94 valence electrons. The summed E-state index contributed by atoms with van der Waals surface area (Å²) < 4.78 is 5.09. The van der Waals surface area contributed by atoms with E-state index in [4.69, 9.17) is 4.74 Å². The molecule has 0 heterocycles. The molecule has 0 aromatic heterocycles. The van der Waals surface area contributed by atoms with E-state index in [1.807, 2.05) is 0 Å². The van der Waals surface area contributed by atoms with Crippen LogP contribution in [0.2, 0.25) is 0 Å². The molecule has 0 amide bonds. The Morgan fingerprint density at radius 3 is 2.47 bits per heavy atom. The van der Waals surface area contributed by atoms with Crippen molar-refractivity contribution < 1.29 is 4.74 Å². The van der Waals surface area contributed by atoms with Gasteiger partial charge in [-0.1, -0.05) is 31.2 Å². The number of benzene rings is 1. The Hall–Kier alpha value is -0.860. The number of hydrogen-bond acceptors (Lipinski definition) is 2. The van der Waals surface area contributed by atoms with Crippen LogP contribution in [0, 0.1) is 11.8 Å². The minimum absolute atomic E-state index is 0.529. The van der Waals surface area contributed by atoms with Crippen LogP contribution in [0.15, 0.2) is 24.3 Å². The minimum Gasteiger partial charge on any atom is -0.384 e. The van der Waals surface area contributed by atoms with Gasteiger partial charge in [0, 0.05) is 13.2 Å². The summed E-state index contributed by atoms with van der Waals surface area (Å²) in [6, 6.07) is 9.51. The normalized spacial score (nSPS) is 24.6. The van der Waals surface area contributed by atoms with Crippen molar-refractivity contribution in [3.05, 3.63) is 35.4 Å². The van der Waals surface area contributed by atoms with Gasteiger partial charge in [0.1, 0.15) is 0 Å². The Labute approximate surface area is 104 Å². The molecule has 2 nitrogen and oxygen atoms in total. The highest BCUT2D eigenvalue weighted by molar-refractivity contribution is 5.26. The quantitative estimate of drug-likeness (QED) is 0.816. The molecular formula is C15H23NO. The molecule has 17 heavy (non-hydrogen) atoms. The lowest BCUT2D eigenvalue weighted by Gasteiger charge is -2.16. The van der Waals surface area contributed by atoms with Crippen molar-refractivity contribution in [3.63, 3.8) is 0 Å². The molecular weight excluding hydrogens is 210 g/mol. The van der Waals surface area contributed by atoms with E-state index in [2.05, 4.69) is 43.6 Å². The van der Waals surface area contributed by atoms with Crippen molar-refractivity contribution in [3.8, 4) is 0 Å². The van der Waals surface area contributed by atoms with Crippen LogP contribution in [0.4, 0.5) is 0 Å². The molecule has 1 aromatic rings. The third-order valence-electron chi connectivity index (χ3n) is 3.84. The Morgan fingerprint density at radius 2 is 2.00 bits per heavy atom. The summed E-state index contributed by atoms with van der Waals surface area (Å²) in [5, 5.41) is 3.45. The molecule has 1 saturated carbocycles. The fourth-order valence-electron chi connectivity index (χ4n) is 2.55. The first kappa shape index (κ1) is 12.6. The molecule has 0 spiro atoms. The molecule has 0 aliphatic heterocycles. The van der Waals surface area contributed by atoms with Crippen molar-refractivity contribution in [2.75, 3.05) is 20.8 Å². The molecule has 0 radical (unpaired) electrons. The van der Waals surface area contributed by atoms with Gasteiger partial charge in [-0.3, -0.25) is 0 Å². The van der Waals surface area contributed by atoms with Gasteiger partial charge in [-0.2, -0.15) is 0 Å². The first-order chi connectivity index (χ1) is 8.26. The SMILES string of the molecule is CNC(c1ccc(CCOC)cc1)C1CC1C. The van der Waals surface area contributed by atoms with Gasteiger partial charge in [-0.15, -0.1) is 0 Å². The lowest BCUT2D eigenvalue weighted by atomic mass is 9.99. The Bertz CT molecular complexity index is 346. The van der Waals surface area contributed by atoms with Crippen LogP contribution in [0.3, 0.4) is 0 Å². The number of ether oxygens (including phenoxy) is 1. The summed E-state index contributed by atoms with van der Waals surface area (Å²) in [5.41, 5.74) is 2.78. The predicted octanol–water partition coefficient (Wildman–Crippen LogP) is 2.79. The van der Waals surface area contributed by atoms with Gasteiger partial charge in [-0.05, 0) is 42.9 Å². The zero-order valence-electron chi connectivity index (χ0n) is 11.1. The summed E-state index contributed by atoms with van der Waals surface area (Å²) in [5.74, 6) is 1.70. The average Bonchev–Trinajstić information content (AvgIpc) is 3.06. The number of hydrogen-bond donors (Lipinski definition) is 1. The molecule has 0 saturated heterocycles. The monoisotopic (exact) mass is 233 g/mol. The third kappa shape index (κ3) is 3.08. The molecule has 1 aromatic carbocycles. The predicted molar refractivity (Wildman–Crippen MR) is 71.1 cm³/mol. The van der Waals surface area contributed by atoms with Crippen LogP contribution >= 0.6 is 0 Å². The smallest absolute Gasteiger partial charge is 0.0502 e. The van der Waals surface area contributed by atoms with E-state index in [-0.39, 0.29) is 0 Å². The lowest BCUT2D eigenvalue weighted by Crippen LogP contribution is -2.19. The van der Waals surface area contributed by atoms with E-state index in [1.54, 1.807) is 7.11 Å². The van der Waals surface area contributed by atoms with Gasteiger partial charge >= 0.3 is 0 Å². The minimum atomic E-state index is 0.529. The number of methoxy groups -OCH3 is 1. The second kappa shape index (κ2) is 5.65. The van der Waals surface area contributed by atoms with E-state index in [0.717, 1.165) is 24.9 Å². The van der Waals surface area contributed by atoms with Crippen molar-refractivity contribution in [2.24, 2.45) is 11.8 Å². The molecule has 3 atom stereocenters. The zero-order chi connectivity index (χ0) is 12.3. The third-order valence-corrected chi connectivity index (χ3v) is 3.84. The van der Waals surface area contributed by atoms with Crippen LogP contribution in [0.5, 0.6) is 0 Å². The maximum Gasteiger partial charge on any atom is 0.0502 e. The van der Waals surface area contributed by atoms with Crippen molar-refractivity contribution >= 4 is 0 Å². The molecule has 3 unspecified atom stereocenters. The van der Waals surface area contributed by atoms with Gasteiger partial charge in [0.15, 0.2) is 0 Å². The van der Waals surface area contributed by atoms with Gasteiger partial charge in [0.25, 0.3) is 0 Å². The zero-order valence-corrected chi connectivity index (χ0v) is 11.1. The van der Waals surface area contributed by atoms with Gasteiger partial charge < -0.3 is 10.1 Å². The molecule has 1 N–H and O–H groups in total. The molecule has 2 rings (SSSR count). The van der Waals surface area contributed by atoms with Gasteiger partial charge in [0.05, 0.1) is 6.61 Å². The summed E-state index contributed by atoms with van der Waals surface area (Å²) in [6.07, 6.45) is 2.36. The van der Waals surface area contributed by atoms with Crippen LogP contribution < -0.4 is 5.32 Å². The first-order valence-electron chi connectivity index (χ1n) is 6.51. The molecule has 0 bridgehead atoms. The van der Waals surface area contributed by atoms with Crippen LogP contribution in [0.1, 0.15) is 30.5 Å². The highest BCUT2D eigenvalue weighted by Gasteiger charge is 2.39. The van der Waals surface area contributed by atoms with E-state index in [0.29, 0.717) is 6.04 Å². The highest BCUT2D eigenvalue weighted by atomic mass is 16.5. The number of rotatable bonds is 6. The van der Waals surface area contributed by atoms with E-state index >= 15 is 0 Å². The highest BCUT2D eigenvalue weighted by Crippen LogP contribution is 2.46. The Balaban J connectivity index is 2.00. The molecule has 1 fully saturated rings. The molecule has 1 aliphatic rings. The Morgan fingerprint density at radius 1 is 1.35 bits per heavy atom. The van der Waals surface area contributed by atoms with Crippen molar-refractivity contribution in [1.29, 1.82) is 0 Å². The molecule has 1 aliphatic carbocycles. The van der Waals surface area contributed by atoms with Crippen LogP contribution in [-0.2, 0) is 11.2 Å². The maximum absolute atomic E-state index is 5.09. The van der Waals surface area contributed by atoms with E-state index in [1.165, 1.54) is 17.5 Å². The van der Waals surface area contributed by atoms with Crippen LogP contribution in [0.25, 0.3) is 0 Å². The van der Waals surface area contributed by atoms with E-state index in [9.17, 15) is 0 Å².